The van der Waals surface area contributed by atoms with Crippen molar-refractivity contribution in [2.75, 3.05) is 52.5 Å². The van der Waals surface area contributed by atoms with E-state index in [1.807, 2.05) is 6.92 Å². The van der Waals surface area contributed by atoms with Crippen LogP contribution in [0, 0.1) is 0 Å². The van der Waals surface area contributed by atoms with E-state index in [1.54, 1.807) is 43.3 Å². The van der Waals surface area contributed by atoms with Crippen LogP contribution in [0.25, 0.3) is 10.4 Å². The average Bonchev–Trinajstić information content (AvgIpc) is 2.68. The molecule has 2 amide bonds. The van der Waals surface area contributed by atoms with E-state index in [9.17, 15) is 9.18 Å². The first-order valence-corrected chi connectivity index (χ1v) is 8.28. The molecule has 1 aromatic rings. The second kappa shape index (κ2) is 11.3. The molecular formula is C17H26FN5O3. The quantitative estimate of drug-likeness (QED) is 0.360. The van der Waals surface area contributed by atoms with Crippen LogP contribution in [-0.2, 0) is 9.47 Å². The molecule has 8 nitrogen and oxygen atoms in total. The highest BCUT2D eigenvalue weighted by Gasteiger charge is 2.23. The Labute approximate surface area is 153 Å². The fraction of sp³-hybridized carbons (Fsp3) is 0.588. The van der Waals surface area contributed by atoms with Gasteiger partial charge in [-0.1, -0.05) is 17.2 Å². The van der Waals surface area contributed by atoms with Crippen molar-refractivity contribution in [3.05, 3.63) is 40.3 Å². The Kier molecular flexibility index (Phi) is 9.43. The summed E-state index contributed by atoms with van der Waals surface area (Å²) in [5.41, 5.74) is 9.90. The van der Waals surface area contributed by atoms with E-state index < -0.39 is 18.8 Å². The molecule has 0 radical (unpaired) electrons. The first-order valence-electron chi connectivity index (χ1n) is 8.28. The second-order valence-corrected chi connectivity index (χ2v) is 5.59. The van der Waals surface area contributed by atoms with Crippen LogP contribution in [0.4, 0.5) is 14.9 Å². The molecule has 0 aliphatic heterocycles. The zero-order valence-electron chi connectivity index (χ0n) is 15.6. The number of rotatable bonds is 10. The van der Waals surface area contributed by atoms with Crippen molar-refractivity contribution in [1.82, 2.24) is 4.90 Å². The van der Waals surface area contributed by atoms with Gasteiger partial charge < -0.3 is 14.4 Å². The Morgan fingerprint density at radius 2 is 2.00 bits per heavy atom. The first-order chi connectivity index (χ1) is 12.5. The normalized spacial score (nSPS) is 12.8. The van der Waals surface area contributed by atoms with Crippen molar-refractivity contribution in [3.63, 3.8) is 0 Å². The fourth-order valence-corrected chi connectivity index (χ4v) is 2.55. The molecule has 1 aromatic carbocycles. The van der Waals surface area contributed by atoms with Crippen molar-refractivity contribution in [2.45, 2.75) is 19.1 Å². The minimum absolute atomic E-state index is 0.142. The topological polar surface area (TPSA) is 90.8 Å². The molecule has 26 heavy (non-hydrogen) atoms. The number of methoxy groups -OCH3 is 2. The van der Waals surface area contributed by atoms with Gasteiger partial charge in [-0.2, -0.15) is 0 Å². The molecule has 0 spiro atoms. The highest BCUT2D eigenvalue weighted by Crippen LogP contribution is 2.26. The summed E-state index contributed by atoms with van der Waals surface area (Å²) in [4.78, 5) is 18.4. The van der Waals surface area contributed by atoms with E-state index in [1.165, 1.54) is 12.0 Å². The minimum Gasteiger partial charge on any atom is -0.383 e. The van der Waals surface area contributed by atoms with Crippen molar-refractivity contribution in [2.24, 2.45) is 5.11 Å². The number of carbonyl (C=O) groups is 1. The van der Waals surface area contributed by atoms with E-state index in [0.29, 0.717) is 30.9 Å². The number of hydrogen-bond donors (Lipinski definition) is 0. The minimum atomic E-state index is -0.945. The highest BCUT2D eigenvalue weighted by molar-refractivity contribution is 5.91. The molecule has 2 atom stereocenters. The molecule has 1 rings (SSSR count). The number of likely N-dealkylation sites (N-methyl/N-ethyl adjacent to an activating group) is 1. The van der Waals surface area contributed by atoms with Gasteiger partial charge in [0.2, 0.25) is 0 Å². The number of urea groups is 1. The zero-order valence-corrected chi connectivity index (χ0v) is 15.6. The van der Waals surface area contributed by atoms with E-state index in [4.69, 9.17) is 15.0 Å². The second-order valence-electron chi connectivity index (χ2n) is 5.59. The molecule has 0 aliphatic rings. The highest BCUT2D eigenvalue weighted by atomic mass is 19.1. The molecule has 0 aliphatic carbocycles. The largest absolute Gasteiger partial charge is 0.383 e. The van der Waals surface area contributed by atoms with Gasteiger partial charge in [0.1, 0.15) is 6.67 Å². The van der Waals surface area contributed by atoms with Crippen LogP contribution in [0.1, 0.15) is 18.6 Å². The number of nitrogens with zero attached hydrogens (tertiary/aromatic N) is 5. The standard InChI is InChI=1S/C17H26FN5O3/c1-5-23(10-11-25-3)17(24)22(2)14-8-6-13(7-9-14)16(26-4)15(12-18)20-21-19/h6-9,15-16H,5,10-12H2,1-4H3/t15-,16-/m1/s1. The Morgan fingerprint density at radius 1 is 1.35 bits per heavy atom. The number of ether oxygens (including phenoxy) is 2. The number of amides is 2. The number of alkyl halides is 1. The number of carbonyl (C=O) groups excluding carboxylic acids is 1. The summed E-state index contributed by atoms with van der Waals surface area (Å²) >= 11 is 0. The van der Waals surface area contributed by atoms with Gasteiger partial charge in [-0.25, -0.2) is 4.79 Å². The van der Waals surface area contributed by atoms with Crippen molar-refractivity contribution in [1.29, 1.82) is 0 Å². The Bertz CT molecular complexity index is 607. The van der Waals surface area contributed by atoms with Gasteiger partial charge >= 0.3 is 6.03 Å². The molecule has 0 heterocycles. The van der Waals surface area contributed by atoms with Gasteiger partial charge in [0, 0.05) is 45.0 Å². The molecule has 0 N–H and O–H groups in total. The number of anilines is 1. The lowest BCUT2D eigenvalue weighted by atomic mass is 10.0. The number of hydrogen-bond acceptors (Lipinski definition) is 4. The third-order valence-corrected chi connectivity index (χ3v) is 4.07. The summed E-state index contributed by atoms with van der Waals surface area (Å²) in [5, 5.41) is 3.44. The van der Waals surface area contributed by atoms with Gasteiger partial charge in [0.05, 0.1) is 18.8 Å². The van der Waals surface area contributed by atoms with E-state index in [-0.39, 0.29) is 6.03 Å². The van der Waals surface area contributed by atoms with Crippen LogP contribution in [0.5, 0.6) is 0 Å². The maximum atomic E-state index is 13.1. The summed E-state index contributed by atoms with van der Waals surface area (Å²) in [6.07, 6.45) is -0.695. The Balaban J connectivity index is 2.93. The molecule has 0 unspecified atom stereocenters. The van der Waals surface area contributed by atoms with Crippen LogP contribution in [0.2, 0.25) is 0 Å². The van der Waals surface area contributed by atoms with Crippen LogP contribution in [-0.4, -0.2) is 64.6 Å². The predicted molar refractivity (Wildman–Crippen MR) is 98.0 cm³/mol. The smallest absolute Gasteiger partial charge is 0.324 e. The predicted octanol–water partition coefficient (Wildman–Crippen LogP) is 3.55. The van der Waals surface area contributed by atoms with Gasteiger partial charge in [-0.15, -0.1) is 0 Å². The maximum absolute atomic E-state index is 13.1. The monoisotopic (exact) mass is 367 g/mol. The number of halogens is 1. The van der Waals surface area contributed by atoms with Gasteiger partial charge in [-0.05, 0) is 30.2 Å². The molecule has 0 fully saturated rings. The average molecular weight is 367 g/mol. The van der Waals surface area contributed by atoms with E-state index >= 15 is 0 Å². The van der Waals surface area contributed by atoms with Crippen molar-refractivity contribution < 1.29 is 18.7 Å². The van der Waals surface area contributed by atoms with E-state index in [0.717, 1.165) is 0 Å². The molecular weight excluding hydrogens is 341 g/mol. The third-order valence-electron chi connectivity index (χ3n) is 4.07. The van der Waals surface area contributed by atoms with Crippen LogP contribution in [0.15, 0.2) is 29.4 Å². The van der Waals surface area contributed by atoms with Gasteiger partial charge in [-0.3, -0.25) is 9.29 Å². The summed E-state index contributed by atoms with van der Waals surface area (Å²) < 4.78 is 23.4. The molecule has 0 bridgehead atoms. The summed E-state index contributed by atoms with van der Waals surface area (Å²) in [7, 11) is 4.71. The molecule has 0 saturated heterocycles. The summed E-state index contributed by atoms with van der Waals surface area (Å²) in [6.45, 7) is 2.62. The lowest BCUT2D eigenvalue weighted by molar-refractivity contribution is 0.0722. The van der Waals surface area contributed by atoms with Crippen LogP contribution >= 0.6 is 0 Å². The zero-order chi connectivity index (χ0) is 19.5. The fourth-order valence-electron chi connectivity index (χ4n) is 2.55. The summed E-state index contributed by atoms with van der Waals surface area (Å²) in [5.74, 6) is 0. The first kappa shape index (κ1) is 21.7. The molecule has 144 valence electrons. The number of benzene rings is 1. The van der Waals surface area contributed by atoms with Crippen molar-refractivity contribution >= 4 is 11.7 Å². The molecule has 0 saturated carbocycles. The third kappa shape index (κ3) is 5.59. The lowest BCUT2D eigenvalue weighted by Gasteiger charge is -2.27. The number of azide groups is 1. The Morgan fingerprint density at radius 3 is 2.46 bits per heavy atom. The van der Waals surface area contributed by atoms with E-state index in [2.05, 4.69) is 10.0 Å². The van der Waals surface area contributed by atoms with Crippen molar-refractivity contribution in [3.8, 4) is 0 Å². The van der Waals surface area contributed by atoms with Gasteiger partial charge in [0.25, 0.3) is 0 Å². The molecule has 9 heteroatoms. The van der Waals surface area contributed by atoms with Crippen LogP contribution in [0.3, 0.4) is 0 Å². The van der Waals surface area contributed by atoms with Crippen LogP contribution < -0.4 is 4.90 Å². The molecule has 0 aromatic heterocycles. The summed E-state index contributed by atoms with van der Waals surface area (Å²) in [6, 6.07) is 5.86. The Hall–Kier alpha value is -2.35. The lowest BCUT2D eigenvalue weighted by Crippen LogP contribution is -2.42. The van der Waals surface area contributed by atoms with Gasteiger partial charge in [0.15, 0.2) is 0 Å². The maximum Gasteiger partial charge on any atom is 0.324 e. The SMILES string of the molecule is CCN(CCOC)C(=O)N(C)c1ccc([C@@H](OC)[C@@H](CF)N=[N+]=[N-])cc1.